The van der Waals surface area contributed by atoms with Crippen LogP contribution in [-0.4, -0.2) is 46.9 Å². The highest BCUT2D eigenvalue weighted by Crippen LogP contribution is 2.30. The van der Waals surface area contributed by atoms with Gasteiger partial charge in [-0.2, -0.15) is 10.4 Å². The van der Waals surface area contributed by atoms with E-state index in [9.17, 15) is 15.2 Å². The molecule has 0 radical (unpaired) electrons. The molecule has 0 spiro atoms. The van der Waals surface area contributed by atoms with E-state index in [1.165, 1.54) is 0 Å². The van der Waals surface area contributed by atoms with E-state index in [1.807, 2.05) is 35.8 Å². The third kappa shape index (κ3) is 3.84. The van der Waals surface area contributed by atoms with Gasteiger partial charge in [0, 0.05) is 29.8 Å². The molecule has 1 aromatic carbocycles. The maximum atomic E-state index is 12.0. The van der Waals surface area contributed by atoms with Gasteiger partial charge < -0.3 is 9.52 Å². The second-order valence-corrected chi connectivity index (χ2v) is 8.93. The Balaban J connectivity index is 1.38. The van der Waals surface area contributed by atoms with Gasteiger partial charge in [-0.05, 0) is 56.7 Å². The summed E-state index contributed by atoms with van der Waals surface area (Å²) in [5, 5.41) is 23.9. The molecule has 1 saturated heterocycles. The number of fused-ring (bicyclic) bond motifs is 1. The number of amides is 1. The number of nitriles is 1. The summed E-state index contributed by atoms with van der Waals surface area (Å²) in [6.07, 6.45) is 3.81. The van der Waals surface area contributed by atoms with Gasteiger partial charge in [-0.3, -0.25) is 14.3 Å². The van der Waals surface area contributed by atoms with Gasteiger partial charge in [0.05, 0.1) is 23.3 Å². The molecule has 5 heterocycles. The number of hydrogen-bond acceptors (Lipinski definition) is 8. The molecule has 184 valence electrons. The molecule has 11 nitrogen and oxygen atoms in total. The number of anilines is 1. The fourth-order valence-corrected chi connectivity index (χ4v) is 4.54. The van der Waals surface area contributed by atoms with E-state index < -0.39 is 6.10 Å². The number of carbonyl (C=O) groups is 1. The van der Waals surface area contributed by atoms with E-state index in [-0.39, 0.29) is 11.6 Å². The molecule has 1 atom stereocenters. The monoisotopic (exact) mass is 494 g/mol. The van der Waals surface area contributed by atoms with Crippen molar-refractivity contribution >= 4 is 23.0 Å². The molecule has 11 heteroatoms. The fourth-order valence-electron chi connectivity index (χ4n) is 4.54. The summed E-state index contributed by atoms with van der Waals surface area (Å²) in [7, 11) is 0. The van der Waals surface area contributed by atoms with Crippen LogP contribution < -0.4 is 4.90 Å². The molecule has 1 unspecified atom stereocenters. The van der Waals surface area contributed by atoms with E-state index in [1.54, 1.807) is 47.2 Å². The minimum atomic E-state index is -0.782. The van der Waals surface area contributed by atoms with E-state index >= 15 is 0 Å². The Morgan fingerprint density at radius 2 is 2.05 bits per heavy atom. The zero-order valence-corrected chi connectivity index (χ0v) is 20.2. The summed E-state index contributed by atoms with van der Waals surface area (Å²) in [4.78, 5) is 27.2. The molecule has 1 N–H and O–H groups in total. The van der Waals surface area contributed by atoms with Crippen LogP contribution >= 0.6 is 0 Å². The first-order valence-electron chi connectivity index (χ1n) is 11.8. The predicted molar refractivity (Wildman–Crippen MR) is 133 cm³/mol. The second kappa shape index (κ2) is 8.69. The Bertz CT molecular complexity index is 1700. The molecule has 1 aliphatic heterocycles. The number of hydrogen-bond donors (Lipinski definition) is 1. The number of benzene rings is 1. The Morgan fingerprint density at radius 3 is 2.78 bits per heavy atom. The first-order valence-corrected chi connectivity index (χ1v) is 11.8. The smallest absolute Gasteiger partial charge is 0.304 e. The lowest BCUT2D eigenvalue weighted by molar-refractivity contribution is -0.117. The summed E-state index contributed by atoms with van der Waals surface area (Å²) >= 11 is 0. The molecular weight excluding hydrogens is 472 g/mol. The van der Waals surface area contributed by atoms with Crippen molar-refractivity contribution in [3.63, 3.8) is 0 Å². The topological polar surface area (TPSA) is 139 Å². The van der Waals surface area contributed by atoms with E-state index in [4.69, 9.17) is 9.40 Å². The number of aromatic nitrogens is 6. The van der Waals surface area contributed by atoms with E-state index in [2.05, 4.69) is 15.1 Å². The normalized spacial score (nSPS) is 14.4. The van der Waals surface area contributed by atoms with Crippen LogP contribution in [0, 0.1) is 18.3 Å². The largest absolute Gasteiger partial charge is 0.423 e. The van der Waals surface area contributed by atoms with Crippen molar-refractivity contribution in [2.75, 3.05) is 11.4 Å². The Morgan fingerprint density at radius 1 is 1.19 bits per heavy atom. The average molecular weight is 495 g/mol. The molecule has 0 bridgehead atoms. The zero-order valence-electron chi connectivity index (χ0n) is 20.2. The summed E-state index contributed by atoms with van der Waals surface area (Å²) in [6, 6.07) is 13.3. The van der Waals surface area contributed by atoms with Crippen molar-refractivity contribution in [2.45, 2.75) is 32.8 Å². The highest BCUT2D eigenvalue weighted by Gasteiger charge is 2.26. The number of aliphatic hydroxyl groups is 1. The number of rotatable bonds is 5. The third-order valence-electron chi connectivity index (χ3n) is 6.42. The number of pyridine rings is 1. The van der Waals surface area contributed by atoms with Crippen LogP contribution in [0.25, 0.3) is 34.0 Å². The van der Waals surface area contributed by atoms with Gasteiger partial charge >= 0.3 is 6.01 Å². The molecular formula is C26H22N8O3. The first-order chi connectivity index (χ1) is 17.9. The molecule has 1 fully saturated rings. The minimum absolute atomic E-state index is 0.0187. The van der Waals surface area contributed by atoms with Crippen molar-refractivity contribution < 1.29 is 14.3 Å². The van der Waals surface area contributed by atoms with Crippen molar-refractivity contribution in [2.24, 2.45) is 0 Å². The summed E-state index contributed by atoms with van der Waals surface area (Å²) in [5.41, 5.74) is 3.91. The van der Waals surface area contributed by atoms with Crippen LogP contribution in [0.5, 0.6) is 0 Å². The zero-order chi connectivity index (χ0) is 25.7. The lowest BCUT2D eigenvalue weighted by Gasteiger charge is -2.14. The number of aryl methyl sites for hydroxylation is 1. The Kier molecular flexibility index (Phi) is 5.31. The van der Waals surface area contributed by atoms with Gasteiger partial charge in [-0.15, -0.1) is 0 Å². The molecule has 37 heavy (non-hydrogen) atoms. The van der Waals surface area contributed by atoms with Crippen molar-refractivity contribution in [3.8, 4) is 29.0 Å². The van der Waals surface area contributed by atoms with Gasteiger partial charge in [0.15, 0.2) is 17.3 Å². The molecule has 4 aromatic heterocycles. The van der Waals surface area contributed by atoms with Gasteiger partial charge in [-0.1, -0.05) is 0 Å². The quantitative estimate of drug-likeness (QED) is 0.391. The van der Waals surface area contributed by atoms with Gasteiger partial charge in [-0.25, -0.2) is 19.6 Å². The Hall–Kier alpha value is -4.82. The molecule has 0 saturated carbocycles. The second-order valence-electron chi connectivity index (χ2n) is 8.93. The maximum Gasteiger partial charge on any atom is 0.304 e. The third-order valence-corrected chi connectivity index (χ3v) is 6.42. The predicted octanol–water partition coefficient (Wildman–Crippen LogP) is 3.62. The van der Waals surface area contributed by atoms with Crippen molar-refractivity contribution in [1.82, 2.24) is 29.3 Å². The highest BCUT2D eigenvalue weighted by molar-refractivity contribution is 5.93. The molecule has 5 aromatic rings. The van der Waals surface area contributed by atoms with Gasteiger partial charge in [0.1, 0.15) is 18.2 Å². The number of nitrogens with zero attached hydrogens (tertiary/aromatic N) is 8. The standard InChI is InChI=1S/C26H22N8O3/c1-15-10-18(12-27)31-34(15)25-19(16(2)35)6-8-23(30-25)33-14-29-20-11-17(5-7-21(20)33)22-13-28-26(37-22)32-9-3-4-24(32)36/h5-8,10-11,13-14,16,35H,3-4,9H2,1-2H3. The fraction of sp³-hybridized carbons (Fsp3) is 0.231. The SMILES string of the molecule is Cc1cc(C#N)nn1-c1nc(-n2cnc3cc(-c4cnc(N5CCCC5=O)o4)ccc32)ccc1C(C)O. The maximum absolute atomic E-state index is 12.0. The van der Waals surface area contributed by atoms with E-state index in [0.29, 0.717) is 41.9 Å². The number of carbonyl (C=O) groups excluding carboxylic acids is 1. The van der Waals surface area contributed by atoms with Crippen molar-refractivity contribution in [1.29, 1.82) is 5.26 Å². The van der Waals surface area contributed by atoms with Crippen LogP contribution in [0.15, 0.2) is 53.3 Å². The average Bonchev–Trinajstić information content (AvgIpc) is 3.69. The molecule has 0 aliphatic carbocycles. The molecule has 1 aliphatic rings. The molecule has 1 amide bonds. The van der Waals surface area contributed by atoms with Gasteiger partial charge in [0.2, 0.25) is 5.91 Å². The number of imidazole rings is 1. The lowest BCUT2D eigenvalue weighted by Crippen LogP contribution is -2.23. The highest BCUT2D eigenvalue weighted by atomic mass is 16.4. The van der Waals surface area contributed by atoms with Crippen molar-refractivity contribution in [3.05, 3.63) is 65.9 Å². The van der Waals surface area contributed by atoms with Gasteiger partial charge in [0.25, 0.3) is 0 Å². The lowest BCUT2D eigenvalue weighted by atomic mass is 10.1. The summed E-state index contributed by atoms with van der Waals surface area (Å²) in [5.74, 6) is 1.59. The summed E-state index contributed by atoms with van der Waals surface area (Å²) in [6.45, 7) is 4.10. The van der Waals surface area contributed by atoms with Crippen LogP contribution in [0.3, 0.4) is 0 Å². The Labute approximate surface area is 211 Å². The summed E-state index contributed by atoms with van der Waals surface area (Å²) < 4.78 is 9.28. The minimum Gasteiger partial charge on any atom is -0.423 e. The van der Waals surface area contributed by atoms with Crippen LogP contribution in [0.1, 0.15) is 42.8 Å². The van der Waals surface area contributed by atoms with Crippen LogP contribution in [0.2, 0.25) is 0 Å². The first kappa shape index (κ1) is 22.6. The van der Waals surface area contributed by atoms with E-state index in [0.717, 1.165) is 28.7 Å². The number of oxazole rings is 1. The van der Waals surface area contributed by atoms with Crippen LogP contribution in [-0.2, 0) is 4.79 Å². The number of aliphatic hydroxyl groups excluding tert-OH is 1. The molecule has 6 rings (SSSR count). The van der Waals surface area contributed by atoms with Crippen LogP contribution in [0.4, 0.5) is 6.01 Å².